The van der Waals surface area contributed by atoms with Crippen LogP contribution in [0.3, 0.4) is 0 Å². The Hall–Kier alpha value is -1.35. The number of aromatic carboxylic acids is 1. The van der Waals surface area contributed by atoms with Crippen molar-refractivity contribution in [2.45, 2.75) is 39.2 Å². The number of nitrogens with one attached hydrogen (secondary N) is 1. The molecule has 1 aliphatic rings. The van der Waals surface area contributed by atoms with Crippen molar-refractivity contribution >= 4 is 5.97 Å². The molecule has 0 radical (unpaired) electrons. The number of carboxylic acid groups (broad SMARTS) is 1. The summed E-state index contributed by atoms with van der Waals surface area (Å²) in [7, 11) is 0. The maximum atomic E-state index is 11.1. The van der Waals surface area contributed by atoms with Crippen molar-refractivity contribution in [2.24, 2.45) is 11.8 Å². The van der Waals surface area contributed by atoms with Crippen molar-refractivity contribution < 1.29 is 9.90 Å². The molecule has 0 bridgehead atoms. The van der Waals surface area contributed by atoms with E-state index in [9.17, 15) is 4.79 Å². The van der Waals surface area contributed by atoms with E-state index in [1.165, 1.54) is 25.7 Å². The monoisotopic (exact) mass is 261 g/mol. The van der Waals surface area contributed by atoms with Gasteiger partial charge in [-0.2, -0.15) is 0 Å². The molecular formula is C16H23NO2. The van der Waals surface area contributed by atoms with Crippen LogP contribution in [-0.4, -0.2) is 17.6 Å². The molecule has 1 saturated carbocycles. The zero-order valence-electron chi connectivity index (χ0n) is 11.6. The molecule has 3 nitrogen and oxygen atoms in total. The van der Waals surface area contributed by atoms with Crippen LogP contribution in [0.15, 0.2) is 24.3 Å². The minimum Gasteiger partial charge on any atom is -0.478 e. The lowest BCUT2D eigenvalue weighted by molar-refractivity contribution is 0.0695. The number of carboxylic acids is 1. The standard InChI is InChI=1S/C16H23NO2/c1-12-6-2-3-7-13(12)10-17-11-14-8-4-5-9-15(14)16(18)19/h4-5,8-9,12-13,17H,2-3,6-7,10-11H2,1H3,(H,18,19). The van der Waals surface area contributed by atoms with Crippen molar-refractivity contribution in [3.8, 4) is 0 Å². The van der Waals surface area contributed by atoms with Crippen LogP contribution in [0.2, 0.25) is 0 Å². The van der Waals surface area contributed by atoms with E-state index < -0.39 is 5.97 Å². The number of hydrogen-bond acceptors (Lipinski definition) is 2. The summed E-state index contributed by atoms with van der Waals surface area (Å²) in [6.07, 6.45) is 5.33. The van der Waals surface area contributed by atoms with Crippen LogP contribution in [0.1, 0.15) is 48.5 Å². The summed E-state index contributed by atoms with van der Waals surface area (Å²) in [6, 6.07) is 7.23. The van der Waals surface area contributed by atoms with E-state index in [2.05, 4.69) is 12.2 Å². The zero-order valence-corrected chi connectivity index (χ0v) is 11.6. The maximum Gasteiger partial charge on any atom is 0.336 e. The highest BCUT2D eigenvalue weighted by Crippen LogP contribution is 2.28. The van der Waals surface area contributed by atoms with Gasteiger partial charge in [0.2, 0.25) is 0 Å². The van der Waals surface area contributed by atoms with Crippen LogP contribution in [-0.2, 0) is 6.54 Å². The maximum absolute atomic E-state index is 11.1. The number of hydrogen-bond donors (Lipinski definition) is 2. The normalized spacial score (nSPS) is 23.2. The van der Waals surface area contributed by atoms with Crippen molar-refractivity contribution in [1.82, 2.24) is 5.32 Å². The van der Waals surface area contributed by atoms with Crippen LogP contribution in [0.4, 0.5) is 0 Å². The molecule has 0 aromatic heterocycles. The van der Waals surface area contributed by atoms with Gasteiger partial charge in [0.05, 0.1) is 5.56 Å². The van der Waals surface area contributed by atoms with Gasteiger partial charge < -0.3 is 10.4 Å². The Labute approximate surface area is 115 Å². The number of carbonyl (C=O) groups is 1. The minimum atomic E-state index is -0.844. The quantitative estimate of drug-likeness (QED) is 0.855. The lowest BCUT2D eigenvalue weighted by atomic mass is 9.80. The first-order valence-electron chi connectivity index (χ1n) is 7.20. The van der Waals surface area contributed by atoms with Gasteiger partial charge in [0.25, 0.3) is 0 Å². The molecule has 2 atom stereocenters. The second-order valence-electron chi connectivity index (χ2n) is 5.62. The van der Waals surface area contributed by atoms with Gasteiger partial charge in [0.15, 0.2) is 0 Å². The second-order valence-corrected chi connectivity index (χ2v) is 5.62. The van der Waals surface area contributed by atoms with Crippen LogP contribution < -0.4 is 5.32 Å². The third kappa shape index (κ3) is 3.80. The minimum absolute atomic E-state index is 0.409. The molecule has 0 saturated heterocycles. The largest absolute Gasteiger partial charge is 0.478 e. The zero-order chi connectivity index (χ0) is 13.7. The molecule has 1 aromatic carbocycles. The Morgan fingerprint density at radius 3 is 2.79 bits per heavy atom. The molecule has 0 heterocycles. The molecule has 1 fully saturated rings. The Kier molecular flexibility index (Phi) is 4.97. The van der Waals surface area contributed by atoms with E-state index in [4.69, 9.17) is 5.11 Å². The van der Waals surface area contributed by atoms with E-state index in [0.717, 1.165) is 23.9 Å². The van der Waals surface area contributed by atoms with Crippen LogP contribution >= 0.6 is 0 Å². The summed E-state index contributed by atoms with van der Waals surface area (Å²) in [6.45, 7) is 3.97. The summed E-state index contributed by atoms with van der Waals surface area (Å²) >= 11 is 0. The highest BCUT2D eigenvalue weighted by Gasteiger charge is 2.20. The summed E-state index contributed by atoms with van der Waals surface area (Å²) < 4.78 is 0. The van der Waals surface area contributed by atoms with E-state index in [1.54, 1.807) is 12.1 Å². The van der Waals surface area contributed by atoms with Gasteiger partial charge in [-0.25, -0.2) is 4.79 Å². The molecule has 104 valence electrons. The van der Waals surface area contributed by atoms with Crippen LogP contribution in [0.5, 0.6) is 0 Å². The average Bonchev–Trinajstić information content (AvgIpc) is 2.41. The lowest BCUT2D eigenvalue weighted by Gasteiger charge is -2.29. The Morgan fingerprint density at radius 2 is 2.05 bits per heavy atom. The number of rotatable bonds is 5. The molecule has 1 aliphatic carbocycles. The Bertz CT molecular complexity index is 431. The molecule has 2 N–H and O–H groups in total. The molecule has 2 unspecified atom stereocenters. The third-order valence-electron chi connectivity index (χ3n) is 4.26. The molecule has 0 spiro atoms. The molecule has 3 heteroatoms. The van der Waals surface area contributed by atoms with Gasteiger partial charge in [-0.3, -0.25) is 0 Å². The summed E-state index contributed by atoms with van der Waals surface area (Å²) in [5.41, 5.74) is 1.28. The van der Waals surface area contributed by atoms with Gasteiger partial charge in [0, 0.05) is 6.54 Å². The Balaban J connectivity index is 1.87. The highest BCUT2D eigenvalue weighted by molar-refractivity contribution is 5.89. The van der Waals surface area contributed by atoms with E-state index >= 15 is 0 Å². The van der Waals surface area contributed by atoms with Gasteiger partial charge in [-0.05, 0) is 36.4 Å². The molecule has 2 rings (SSSR count). The van der Waals surface area contributed by atoms with Gasteiger partial charge in [0.1, 0.15) is 0 Å². The van der Waals surface area contributed by atoms with E-state index in [1.807, 2.05) is 12.1 Å². The fraction of sp³-hybridized carbons (Fsp3) is 0.562. The lowest BCUT2D eigenvalue weighted by Crippen LogP contribution is -2.29. The molecular weight excluding hydrogens is 238 g/mol. The van der Waals surface area contributed by atoms with Crippen molar-refractivity contribution in [2.75, 3.05) is 6.54 Å². The average molecular weight is 261 g/mol. The summed E-state index contributed by atoms with van der Waals surface area (Å²) in [5, 5.41) is 12.6. The van der Waals surface area contributed by atoms with Gasteiger partial charge in [-0.1, -0.05) is 44.4 Å². The van der Waals surface area contributed by atoms with Crippen LogP contribution in [0, 0.1) is 11.8 Å². The highest BCUT2D eigenvalue weighted by atomic mass is 16.4. The second kappa shape index (κ2) is 6.71. The van der Waals surface area contributed by atoms with Crippen molar-refractivity contribution in [3.63, 3.8) is 0 Å². The first kappa shape index (κ1) is 14.1. The van der Waals surface area contributed by atoms with Crippen molar-refractivity contribution in [1.29, 1.82) is 0 Å². The predicted molar refractivity (Wildman–Crippen MR) is 76.2 cm³/mol. The fourth-order valence-electron chi connectivity index (χ4n) is 2.97. The first-order valence-corrected chi connectivity index (χ1v) is 7.20. The molecule has 0 aliphatic heterocycles. The predicted octanol–water partition coefficient (Wildman–Crippen LogP) is 3.30. The SMILES string of the molecule is CC1CCCCC1CNCc1ccccc1C(=O)O. The number of benzene rings is 1. The van der Waals surface area contributed by atoms with Gasteiger partial charge >= 0.3 is 5.97 Å². The smallest absolute Gasteiger partial charge is 0.336 e. The Morgan fingerprint density at radius 1 is 1.32 bits per heavy atom. The summed E-state index contributed by atoms with van der Waals surface area (Å²) in [5.74, 6) is 0.685. The molecule has 0 amide bonds. The topological polar surface area (TPSA) is 49.3 Å². The molecule has 19 heavy (non-hydrogen) atoms. The summed E-state index contributed by atoms with van der Waals surface area (Å²) in [4.78, 5) is 11.1. The third-order valence-corrected chi connectivity index (χ3v) is 4.26. The first-order chi connectivity index (χ1) is 9.18. The van der Waals surface area contributed by atoms with E-state index in [-0.39, 0.29) is 0 Å². The van der Waals surface area contributed by atoms with Gasteiger partial charge in [-0.15, -0.1) is 0 Å². The fourth-order valence-corrected chi connectivity index (χ4v) is 2.97. The van der Waals surface area contributed by atoms with Crippen LogP contribution in [0.25, 0.3) is 0 Å². The molecule has 1 aromatic rings. The van der Waals surface area contributed by atoms with Crippen molar-refractivity contribution in [3.05, 3.63) is 35.4 Å². The van der Waals surface area contributed by atoms with E-state index in [0.29, 0.717) is 12.1 Å².